The van der Waals surface area contributed by atoms with Crippen LogP contribution in [0.5, 0.6) is 0 Å². The van der Waals surface area contributed by atoms with Crippen molar-refractivity contribution in [3.63, 3.8) is 0 Å². The largest absolute Gasteiger partial charge is 0.381 e. The standard InChI is InChI=1S/C19H33N3O2S/c1-16(13-18-5-3-12-25-18)14-22-19(20-2)21-8-4-9-24-15-17-6-10-23-11-7-17/h3,5,12,16-17H,4,6-11,13-15H2,1-2H3,(H2,20,21,22). The van der Waals surface area contributed by atoms with E-state index in [1.54, 1.807) is 0 Å². The van der Waals surface area contributed by atoms with Crippen LogP contribution in [0.4, 0.5) is 0 Å². The molecule has 0 spiro atoms. The summed E-state index contributed by atoms with van der Waals surface area (Å²) in [6.45, 7) is 7.53. The molecule has 142 valence electrons. The zero-order valence-electron chi connectivity index (χ0n) is 15.6. The topological polar surface area (TPSA) is 54.9 Å². The number of rotatable bonds is 10. The molecule has 0 saturated carbocycles. The third-order valence-corrected chi connectivity index (χ3v) is 5.32. The van der Waals surface area contributed by atoms with Crippen molar-refractivity contribution in [2.24, 2.45) is 16.8 Å². The highest BCUT2D eigenvalue weighted by Crippen LogP contribution is 2.15. The van der Waals surface area contributed by atoms with Crippen molar-refractivity contribution in [3.05, 3.63) is 22.4 Å². The van der Waals surface area contributed by atoms with Crippen molar-refractivity contribution in [3.8, 4) is 0 Å². The molecule has 1 unspecified atom stereocenters. The van der Waals surface area contributed by atoms with Gasteiger partial charge >= 0.3 is 0 Å². The van der Waals surface area contributed by atoms with Crippen molar-refractivity contribution in [2.75, 3.05) is 46.6 Å². The van der Waals surface area contributed by atoms with Gasteiger partial charge in [-0.05, 0) is 49.0 Å². The minimum atomic E-state index is 0.583. The molecule has 5 nitrogen and oxygen atoms in total. The van der Waals surface area contributed by atoms with Crippen LogP contribution in [0.15, 0.2) is 22.5 Å². The maximum Gasteiger partial charge on any atom is 0.190 e. The van der Waals surface area contributed by atoms with Crippen LogP contribution < -0.4 is 10.6 Å². The molecule has 0 amide bonds. The van der Waals surface area contributed by atoms with E-state index in [0.717, 1.165) is 71.2 Å². The SMILES string of the molecule is CN=C(NCCCOCC1CCOCC1)NCC(C)Cc1cccs1. The molecule has 0 radical (unpaired) electrons. The van der Waals surface area contributed by atoms with E-state index in [4.69, 9.17) is 9.47 Å². The number of guanidine groups is 1. The number of hydrogen-bond acceptors (Lipinski definition) is 4. The van der Waals surface area contributed by atoms with Crippen molar-refractivity contribution in [1.29, 1.82) is 0 Å². The van der Waals surface area contributed by atoms with Gasteiger partial charge in [-0.25, -0.2) is 0 Å². The number of nitrogens with one attached hydrogen (secondary N) is 2. The lowest BCUT2D eigenvalue weighted by Gasteiger charge is -2.21. The van der Waals surface area contributed by atoms with Crippen LogP contribution >= 0.6 is 11.3 Å². The summed E-state index contributed by atoms with van der Waals surface area (Å²) in [5.41, 5.74) is 0. The number of aliphatic imine (C=N–C) groups is 1. The molecule has 1 fully saturated rings. The van der Waals surface area contributed by atoms with Crippen molar-refractivity contribution in [2.45, 2.75) is 32.6 Å². The maximum absolute atomic E-state index is 5.79. The summed E-state index contributed by atoms with van der Waals surface area (Å²) in [6, 6.07) is 4.32. The third kappa shape index (κ3) is 8.70. The van der Waals surface area contributed by atoms with Gasteiger partial charge in [-0.1, -0.05) is 13.0 Å². The van der Waals surface area contributed by atoms with Crippen molar-refractivity contribution in [1.82, 2.24) is 10.6 Å². The van der Waals surface area contributed by atoms with E-state index in [2.05, 4.69) is 40.1 Å². The second-order valence-corrected chi connectivity index (χ2v) is 7.79. The van der Waals surface area contributed by atoms with Gasteiger partial charge in [-0.15, -0.1) is 11.3 Å². The highest BCUT2D eigenvalue weighted by Gasteiger charge is 2.13. The average Bonchev–Trinajstić information content (AvgIpc) is 3.14. The van der Waals surface area contributed by atoms with Crippen molar-refractivity contribution >= 4 is 17.3 Å². The first-order valence-electron chi connectivity index (χ1n) is 9.40. The summed E-state index contributed by atoms with van der Waals surface area (Å²) in [5, 5.41) is 8.92. The van der Waals surface area contributed by atoms with E-state index in [0.29, 0.717) is 11.8 Å². The molecule has 25 heavy (non-hydrogen) atoms. The highest BCUT2D eigenvalue weighted by atomic mass is 32.1. The first-order chi connectivity index (χ1) is 12.3. The van der Waals surface area contributed by atoms with Gasteiger partial charge in [0, 0.05) is 51.4 Å². The molecular formula is C19H33N3O2S. The molecule has 1 aliphatic heterocycles. The normalized spacial score (nSPS) is 17.4. The fraction of sp³-hybridized carbons (Fsp3) is 0.737. The fourth-order valence-electron chi connectivity index (χ4n) is 2.88. The van der Waals surface area contributed by atoms with Gasteiger partial charge in [0.05, 0.1) is 0 Å². The quantitative estimate of drug-likeness (QED) is 0.379. The van der Waals surface area contributed by atoms with Crippen LogP contribution in [-0.4, -0.2) is 52.5 Å². The van der Waals surface area contributed by atoms with E-state index < -0.39 is 0 Å². The predicted octanol–water partition coefficient (Wildman–Crippen LogP) is 2.93. The van der Waals surface area contributed by atoms with Crippen molar-refractivity contribution < 1.29 is 9.47 Å². The zero-order valence-corrected chi connectivity index (χ0v) is 16.4. The Labute approximate surface area is 156 Å². The van der Waals surface area contributed by atoms with Gasteiger partial charge < -0.3 is 20.1 Å². The molecule has 1 atom stereocenters. The van der Waals surface area contributed by atoms with Crippen LogP contribution in [0.1, 0.15) is 31.1 Å². The molecule has 1 aromatic rings. The smallest absolute Gasteiger partial charge is 0.190 e. The van der Waals surface area contributed by atoms with E-state index in [-0.39, 0.29) is 0 Å². The van der Waals surface area contributed by atoms with Crippen LogP contribution in [0.3, 0.4) is 0 Å². The first-order valence-corrected chi connectivity index (χ1v) is 10.3. The monoisotopic (exact) mass is 367 g/mol. The molecule has 0 aromatic carbocycles. The van der Waals surface area contributed by atoms with Gasteiger partial charge in [0.25, 0.3) is 0 Å². The average molecular weight is 368 g/mol. The van der Waals surface area contributed by atoms with Gasteiger partial charge in [0.15, 0.2) is 5.96 Å². The predicted molar refractivity (Wildman–Crippen MR) is 106 cm³/mol. The van der Waals surface area contributed by atoms with E-state index >= 15 is 0 Å². The Balaban J connectivity index is 1.48. The summed E-state index contributed by atoms with van der Waals surface area (Å²) in [6.07, 6.45) is 4.38. The molecule has 0 bridgehead atoms. The third-order valence-electron chi connectivity index (χ3n) is 4.42. The Morgan fingerprint density at radius 1 is 1.40 bits per heavy atom. The van der Waals surface area contributed by atoms with E-state index in [9.17, 15) is 0 Å². The minimum Gasteiger partial charge on any atom is -0.381 e. The molecule has 6 heteroatoms. The first kappa shape index (κ1) is 20.2. The van der Waals surface area contributed by atoms with Crippen LogP contribution in [0, 0.1) is 11.8 Å². The van der Waals surface area contributed by atoms with Gasteiger partial charge in [0.2, 0.25) is 0 Å². The van der Waals surface area contributed by atoms with Gasteiger partial charge in [-0.2, -0.15) is 0 Å². The summed E-state index contributed by atoms with van der Waals surface area (Å²) in [7, 11) is 1.82. The lowest BCUT2D eigenvalue weighted by molar-refractivity contribution is 0.0203. The number of nitrogens with zero attached hydrogens (tertiary/aromatic N) is 1. The van der Waals surface area contributed by atoms with Gasteiger partial charge in [-0.3, -0.25) is 4.99 Å². The lowest BCUT2D eigenvalue weighted by atomic mass is 10.0. The van der Waals surface area contributed by atoms with E-state index in [1.165, 1.54) is 4.88 Å². The molecule has 1 saturated heterocycles. The summed E-state index contributed by atoms with van der Waals surface area (Å²) < 4.78 is 11.2. The highest BCUT2D eigenvalue weighted by molar-refractivity contribution is 7.09. The Bertz CT molecular complexity index is 473. The zero-order chi connectivity index (χ0) is 17.7. The van der Waals surface area contributed by atoms with Crippen LogP contribution in [-0.2, 0) is 15.9 Å². The number of thiophene rings is 1. The number of hydrogen-bond donors (Lipinski definition) is 2. The van der Waals surface area contributed by atoms with Gasteiger partial charge in [0.1, 0.15) is 0 Å². The Kier molecular flexibility index (Phi) is 9.92. The maximum atomic E-state index is 5.79. The summed E-state index contributed by atoms with van der Waals surface area (Å²) in [5.74, 6) is 2.14. The molecule has 1 aromatic heterocycles. The summed E-state index contributed by atoms with van der Waals surface area (Å²) in [4.78, 5) is 5.73. The van der Waals surface area contributed by atoms with Crippen LogP contribution in [0.2, 0.25) is 0 Å². The second kappa shape index (κ2) is 12.3. The Morgan fingerprint density at radius 2 is 2.24 bits per heavy atom. The van der Waals surface area contributed by atoms with E-state index in [1.807, 2.05) is 18.4 Å². The Morgan fingerprint density at radius 3 is 2.96 bits per heavy atom. The molecule has 2 N–H and O–H groups in total. The minimum absolute atomic E-state index is 0.583. The molecule has 2 rings (SSSR count). The molecular weight excluding hydrogens is 334 g/mol. The Hall–Kier alpha value is -1.11. The lowest BCUT2D eigenvalue weighted by Crippen LogP contribution is -2.40. The molecule has 1 aliphatic rings. The fourth-order valence-corrected chi connectivity index (χ4v) is 3.75. The molecule has 2 heterocycles. The van der Waals surface area contributed by atoms with Crippen LogP contribution in [0.25, 0.3) is 0 Å². The second-order valence-electron chi connectivity index (χ2n) is 6.75. The molecule has 0 aliphatic carbocycles. The summed E-state index contributed by atoms with van der Waals surface area (Å²) >= 11 is 1.83. The number of ether oxygens (including phenoxy) is 2.